The Morgan fingerprint density at radius 1 is 1.37 bits per heavy atom. The minimum atomic E-state index is -0.684. The first-order valence-electron chi connectivity index (χ1n) is 9.41. The third-order valence-corrected chi connectivity index (χ3v) is 5.76. The highest BCUT2D eigenvalue weighted by Gasteiger charge is 2.68. The van der Waals surface area contributed by atoms with Crippen LogP contribution in [0.1, 0.15) is 39.5 Å². The summed E-state index contributed by atoms with van der Waals surface area (Å²) in [5.41, 5.74) is -0.999. The van der Waals surface area contributed by atoms with Crippen molar-refractivity contribution in [2.45, 2.75) is 57.9 Å². The molecule has 4 atom stereocenters. The Kier molecular flexibility index (Phi) is 3.96. The van der Waals surface area contributed by atoms with Crippen molar-refractivity contribution in [3.05, 3.63) is 23.9 Å². The minimum absolute atomic E-state index is 0.00726. The molecule has 1 aromatic rings. The molecule has 2 bridgehead atoms. The highest BCUT2D eigenvalue weighted by atomic mass is 16.5. The van der Waals surface area contributed by atoms with E-state index in [0.29, 0.717) is 24.7 Å². The van der Waals surface area contributed by atoms with E-state index >= 15 is 0 Å². The van der Waals surface area contributed by atoms with Gasteiger partial charge in [0.15, 0.2) is 0 Å². The summed E-state index contributed by atoms with van der Waals surface area (Å²) in [5, 5.41) is 7.91. The molecule has 0 unspecified atom stereocenters. The number of hydrogen-bond donors (Lipinski definition) is 0. The number of carbonyl (C=O) groups excluding carboxylic acids is 2. The predicted molar refractivity (Wildman–Crippen MR) is 95.3 cm³/mol. The fourth-order valence-electron chi connectivity index (χ4n) is 4.38. The van der Waals surface area contributed by atoms with E-state index in [4.69, 9.17) is 9.15 Å². The molecule has 0 aliphatic carbocycles. The molecular weight excluding hydrogens is 348 g/mol. The molecule has 4 rings (SSSR count). The SMILES string of the molecule is CCc1nnc(CN(C)C(=O)[C@@H]2[C@@H]3C=C[C@@]4(CN(C(C)(C)C)C(=O)[C@H]24)O3)o1. The number of aromatic nitrogens is 2. The molecular formula is C19H26N4O4. The van der Waals surface area contributed by atoms with Crippen LogP contribution in [0.5, 0.6) is 0 Å². The van der Waals surface area contributed by atoms with Gasteiger partial charge in [0.2, 0.25) is 23.6 Å². The molecule has 1 aromatic heterocycles. The van der Waals surface area contributed by atoms with Gasteiger partial charge in [0.1, 0.15) is 5.60 Å². The summed E-state index contributed by atoms with van der Waals surface area (Å²) in [6, 6.07) is 0. The van der Waals surface area contributed by atoms with Crippen LogP contribution in [0, 0.1) is 11.8 Å². The van der Waals surface area contributed by atoms with Crippen LogP contribution in [0.3, 0.4) is 0 Å². The zero-order valence-electron chi connectivity index (χ0n) is 16.4. The van der Waals surface area contributed by atoms with Crippen LogP contribution < -0.4 is 0 Å². The van der Waals surface area contributed by atoms with E-state index < -0.39 is 17.4 Å². The Hall–Kier alpha value is -2.22. The van der Waals surface area contributed by atoms with Crippen LogP contribution in [0.2, 0.25) is 0 Å². The summed E-state index contributed by atoms with van der Waals surface area (Å²) in [6.45, 7) is 8.64. The largest absolute Gasteiger partial charge is 0.423 e. The molecule has 146 valence electrons. The van der Waals surface area contributed by atoms with Crippen molar-refractivity contribution < 1.29 is 18.7 Å². The second-order valence-electron chi connectivity index (χ2n) is 8.63. The molecule has 3 aliphatic rings. The number of hydrogen-bond acceptors (Lipinski definition) is 6. The summed E-state index contributed by atoms with van der Waals surface area (Å²) in [4.78, 5) is 29.7. The van der Waals surface area contributed by atoms with Gasteiger partial charge in [-0.25, -0.2) is 0 Å². The molecule has 8 nitrogen and oxygen atoms in total. The Balaban J connectivity index is 1.56. The first kappa shape index (κ1) is 18.2. The van der Waals surface area contributed by atoms with Gasteiger partial charge in [-0.05, 0) is 20.8 Å². The summed E-state index contributed by atoms with van der Waals surface area (Å²) >= 11 is 0. The number of amides is 2. The fraction of sp³-hybridized carbons (Fsp3) is 0.684. The fourth-order valence-corrected chi connectivity index (χ4v) is 4.38. The Labute approximate surface area is 158 Å². The highest BCUT2D eigenvalue weighted by Crippen LogP contribution is 2.53. The maximum absolute atomic E-state index is 13.2. The predicted octanol–water partition coefficient (Wildman–Crippen LogP) is 1.17. The zero-order valence-corrected chi connectivity index (χ0v) is 16.4. The molecule has 4 heterocycles. The van der Waals surface area contributed by atoms with E-state index in [9.17, 15) is 9.59 Å². The lowest BCUT2D eigenvalue weighted by Crippen LogP contribution is -2.47. The second-order valence-corrected chi connectivity index (χ2v) is 8.63. The van der Waals surface area contributed by atoms with Gasteiger partial charge in [-0.1, -0.05) is 19.1 Å². The summed E-state index contributed by atoms with van der Waals surface area (Å²) in [6.07, 6.45) is 4.19. The Bertz CT molecular complexity index is 811. The minimum Gasteiger partial charge on any atom is -0.423 e. The average molecular weight is 374 g/mol. The zero-order chi connectivity index (χ0) is 19.6. The molecule has 2 saturated heterocycles. The van der Waals surface area contributed by atoms with Crippen LogP contribution in [0.4, 0.5) is 0 Å². The van der Waals surface area contributed by atoms with Crippen LogP contribution in [-0.4, -0.2) is 62.6 Å². The van der Waals surface area contributed by atoms with Crippen LogP contribution in [0.15, 0.2) is 16.6 Å². The highest BCUT2D eigenvalue weighted by molar-refractivity contribution is 5.93. The molecule has 0 aromatic carbocycles. The van der Waals surface area contributed by atoms with Gasteiger partial charge < -0.3 is 19.0 Å². The summed E-state index contributed by atoms with van der Waals surface area (Å²) in [5.74, 6) is -0.193. The van der Waals surface area contributed by atoms with E-state index in [0.717, 1.165) is 0 Å². The molecule has 3 aliphatic heterocycles. The maximum atomic E-state index is 13.2. The third kappa shape index (κ3) is 2.69. The van der Waals surface area contributed by atoms with Crippen LogP contribution >= 0.6 is 0 Å². The van der Waals surface area contributed by atoms with Crippen molar-refractivity contribution >= 4 is 11.8 Å². The number of likely N-dealkylation sites (tertiary alicyclic amines) is 1. The molecule has 0 N–H and O–H groups in total. The first-order valence-corrected chi connectivity index (χ1v) is 9.41. The van der Waals surface area contributed by atoms with Crippen LogP contribution in [-0.2, 0) is 27.3 Å². The monoisotopic (exact) mass is 374 g/mol. The van der Waals surface area contributed by atoms with E-state index in [1.165, 1.54) is 0 Å². The number of carbonyl (C=O) groups is 2. The average Bonchev–Trinajstić information content (AvgIpc) is 3.34. The summed E-state index contributed by atoms with van der Waals surface area (Å²) in [7, 11) is 1.70. The second kappa shape index (κ2) is 5.89. The van der Waals surface area contributed by atoms with Crippen molar-refractivity contribution in [3.8, 4) is 0 Å². The smallest absolute Gasteiger partial charge is 0.235 e. The third-order valence-electron chi connectivity index (χ3n) is 5.76. The van der Waals surface area contributed by atoms with Crippen molar-refractivity contribution in [1.82, 2.24) is 20.0 Å². The topological polar surface area (TPSA) is 88.8 Å². The Morgan fingerprint density at radius 2 is 2.07 bits per heavy atom. The standard InChI is InChI=1S/C19H26N4O4/c1-6-12-20-21-13(26-12)9-22(5)16(24)14-11-7-8-19(27-11)10-23(18(2,3)4)17(25)15(14)19/h7-8,11,14-15H,6,9-10H2,1-5H3/t11-,14+,15-,19-/m0/s1. The normalized spacial score (nSPS) is 31.7. The van der Waals surface area contributed by atoms with Gasteiger partial charge in [-0.2, -0.15) is 0 Å². The van der Waals surface area contributed by atoms with Crippen molar-refractivity contribution in [2.24, 2.45) is 11.8 Å². The van der Waals surface area contributed by atoms with Crippen molar-refractivity contribution in [1.29, 1.82) is 0 Å². The van der Waals surface area contributed by atoms with Gasteiger partial charge in [-0.3, -0.25) is 9.59 Å². The number of rotatable bonds is 4. The summed E-state index contributed by atoms with van der Waals surface area (Å²) < 4.78 is 11.7. The first-order chi connectivity index (χ1) is 12.7. The lowest BCUT2D eigenvalue weighted by molar-refractivity contribution is -0.144. The van der Waals surface area contributed by atoms with E-state index in [1.54, 1.807) is 11.9 Å². The van der Waals surface area contributed by atoms with Crippen molar-refractivity contribution in [3.63, 3.8) is 0 Å². The van der Waals surface area contributed by atoms with E-state index in [1.807, 2.05) is 44.7 Å². The molecule has 1 spiro atoms. The number of aryl methyl sites for hydroxylation is 1. The van der Waals surface area contributed by atoms with E-state index in [-0.39, 0.29) is 30.0 Å². The van der Waals surface area contributed by atoms with E-state index in [2.05, 4.69) is 10.2 Å². The molecule has 27 heavy (non-hydrogen) atoms. The van der Waals surface area contributed by atoms with Gasteiger partial charge in [-0.15, -0.1) is 10.2 Å². The maximum Gasteiger partial charge on any atom is 0.235 e. The van der Waals surface area contributed by atoms with Crippen LogP contribution in [0.25, 0.3) is 0 Å². The Morgan fingerprint density at radius 3 is 2.70 bits per heavy atom. The number of nitrogens with zero attached hydrogens (tertiary/aromatic N) is 4. The van der Waals surface area contributed by atoms with Gasteiger partial charge in [0, 0.05) is 19.0 Å². The van der Waals surface area contributed by atoms with Gasteiger partial charge >= 0.3 is 0 Å². The quantitative estimate of drug-likeness (QED) is 0.735. The number of ether oxygens (including phenoxy) is 1. The molecule has 2 amide bonds. The molecule has 8 heteroatoms. The van der Waals surface area contributed by atoms with Gasteiger partial charge in [0.25, 0.3) is 0 Å². The molecule has 2 fully saturated rings. The molecule has 0 radical (unpaired) electrons. The van der Waals surface area contributed by atoms with Crippen molar-refractivity contribution in [2.75, 3.05) is 13.6 Å². The molecule has 0 saturated carbocycles. The van der Waals surface area contributed by atoms with Gasteiger partial charge in [0.05, 0.1) is 31.0 Å². The lowest BCUT2D eigenvalue weighted by Gasteiger charge is -2.34. The number of fused-ring (bicyclic) bond motifs is 1. The lowest BCUT2D eigenvalue weighted by atomic mass is 9.76.